The Hall–Kier alpha value is -2.82. The van der Waals surface area contributed by atoms with E-state index < -0.39 is 21.3 Å². The summed E-state index contributed by atoms with van der Waals surface area (Å²) in [4.78, 5) is 20.9. The van der Waals surface area contributed by atoms with Crippen molar-refractivity contribution in [1.82, 2.24) is 24.2 Å². The summed E-state index contributed by atoms with van der Waals surface area (Å²) in [5.41, 5.74) is 0.230. The fourth-order valence-electron chi connectivity index (χ4n) is 3.80. The summed E-state index contributed by atoms with van der Waals surface area (Å²) in [5, 5.41) is 3.24. The highest BCUT2D eigenvalue weighted by atomic mass is 35.5. The zero-order chi connectivity index (χ0) is 23.1. The molecule has 168 valence electrons. The van der Waals surface area contributed by atoms with Crippen molar-refractivity contribution in [3.05, 3.63) is 76.7 Å². The number of aromatic nitrogens is 3. The second-order valence-corrected chi connectivity index (χ2v) is 10.2. The van der Waals surface area contributed by atoms with E-state index in [2.05, 4.69) is 15.3 Å². The number of hydrogen-bond acceptors (Lipinski definition) is 5. The maximum Gasteiger partial charge on any atom is 0.262 e. The third kappa shape index (κ3) is 4.01. The van der Waals surface area contributed by atoms with E-state index >= 15 is 0 Å². The van der Waals surface area contributed by atoms with Gasteiger partial charge in [-0.25, -0.2) is 17.8 Å². The van der Waals surface area contributed by atoms with Crippen LogP contribution in [0.15, 0.2) is 54.1 Å². The van der Waals surface area contributed by atoms with Crippen LogP contribution < -0.4 is 5.32 Å². The molecule has 2 aromatic heterocycles. The van der Waals surface area contributed by atoms with Crippen molar-refractivity contribution in [2.75, 3.05) is 19.6 Å². The number of halogens is 2. The molecule has 0 radical (unpaired) electrons. The normalized spacial score (nSPS) is 15.9. The molecule has 4 rings (SSSR count). The minimum Gasteiger partial charge on any atom is -0.351 e. The summed E-state index contributed by atoms with van der Waals surface area (Å²) < 4.78 is 43.2. The number of hydrogen-bond donors (Lipinski definition) is 1. The highest BCUT2D eigenvalue weighted by Crippen LogP contribution is 2.37. The Bertz CT molecular complexity index is 1290. The molecule has 0 unspecified atom stereocenters. The number of amides is 1. The fourth-order valence-corrected chi connectivity index (χ4v) is 5.61. The summed E-state index contributed by atoms with van der Waals surface area (Å²) in [5.74, 6) is -0.916. The van der Waals surface area contributed by atoms with Gasteiger partial charge in [-0.3, -0.25) is 9.78 Å². The van der Waals surface area contributed by atoms with Crippen LogP contribution in [-0.4, -0.2) is 52.8 Å². The lowest BCUT2D eigenvalue weighted by molar-refractivity contribution is 0.0894. The average Bonchev–Trinajstić information content (AvgIpc) is 3.15. The van der Waals surface area contributed by atoms with Crippen molar-refractivity contribution < 1.29 is 17.6 Å². The molecule has 1 aliphatic heterocycles. The van der Waals surface area contributed by atoms with Gasteiger partial charge < -0.3 is 9.88 Å². The van der Waals surface area contributed by atoms with E-state index in [9.17, 15) is 17.6 Å². The second-order valence-electron chi connectivity index (χ2n) is 7.91. The monoisotopic (exact) mass is 477 g/mol. The molecule has 0 aliphatic carbocycles. The average molecular weight is 478 g/mol. The van der Waals surface area contributed by atoms with Gasteiger partial charge in [0.2, 0.25) is 0 Å². The standard InChI is InChI=1S/C21H21ClFN5O3S/c1-14-8-15(22)5-6-16(14)20(29)25-10-21(19-17(23)4-3-7-24-19)11-28(12-21)32(30,31)18-9-27(2)13-26-18/h3-9,13H,10-12H2,1-2H3,(H,25,29). The molecule has 32 heavy (non-hydrogen) atoms. The van der Waals surface area contributed by atoms with E-state index in [1.165, 1.54) is 39.7 Å². The van der Waals surface area contributed by atoms with E-state index in [-0.39, 0.29) is 36.3 Å². The van der Waals surface area contributed by atoms with Crippen LogP contribution in [0, 0.1) is 12.7 Å². The Morgan fingerprint density at radius 1 is 1.28 bits per heavy atom. The molecule has 0 atom stereocenters. The van der Waals surface area contributed by atoms with Crippen LogP contribution in [0.2, 0.25) is 5.02 Å². The summed E-state index contributed by atoms with van der Waals surface area (Å²) >= 11 is 5.96. The zero-order valence-electron chi connectivity index (χ0n) is 17.4. The van der Waals surface area contributed by atoms with Crippen molar-refractivity contribution in [2.45, 2.75) is 17.4 Å². The molecule has 1 saturated heterocycles. The number of pyridine rings is 1. The van der Waals surface area contributed by atoms with Crippen molar-refractivity contribution in [2.24, 2.45) is 7.05 Å². The van der Waals surface area contributed by atoms with Crippen LogP contribution in [0.1, 0.15) is 21.6 Å². The first-order valence-electron chi connectivity index (χ1n) is 9.76. The van der Waals surface area contributed by atoms with E-state index in [4.69, 9.17) is 11.6 Å². The van der Waals surface area contributed by atoms with Gasteiger partial charge in [0.05, 0.1) is 17.4 Å². The lowest BCUT2D eigenvalue weighted by atomic mass is 9.77. The highest BCUT2D eigenvalue weighted by molar-refractivity contribution is 7.89. The molecule has 1 aliphatic rings. The molecular weight excluding hydrogens is 457 g/mol. The number of nitrogens with one attached hydrogen (secondary N) is 1. The summed E-state index contributed by atoms with van der Waals surface area (Å²) in [6, 6.07) is 7.63. The number of carbonyl (C=O) groups is 1. The Kier molecular flexibility index (Phi) is 5.78. The molecule has 1 fully saturated rings. The maximum absolute atomic E-state index is 14.6. The van der Waals surface area contributed by atoms with Crippen LogP contribution >= 0.6 is 11.6 Å². The molecule has 1 aromatic carbocycles. The topological polar surface area (TPSA) is 97.2 Å². The second kappa shape index (κ2) is 8.27. The Balaban J connectivity index is 1.59. The quantitative estimate of drug-likeness (QED) is 0.587. The van der Waals surface area contributed by atoms with Gasteiger partial charge >= 0.3 is 0 Å². The van der Waals surface area contributed by atoms with Gasteiger partial charge in [-0.1, -0.05) is 11.6 Å². The molecule has 1 N–H and O–H groups in total. The minimum absolute atomic E-state index is 0.00999. The zero-order valence-corrected chi connectivity index (χ0v) is 19.0. The summed E-state index contributed by atoms with van der Waals surface area (Å²) in [6.45, 7) is 1.69. The first-order chi connectivity index (χ1) is 15.1. The number of nitrogens with zero attached hydrogens (tertiary/aromatic N) is 4. The summed E-state index contributed by atoms with van der Waals surface area (Å²) in [6.07, 6.45) is 4.25. The Labute approximate surface area is 190 Å². The molecule has 8 nitrogen and oxygen atoms in total. The van der Waals surface area contributed by atoms with Gasteiger partial charge in [-0.05, 0) is 42.8 Å². The van der Waals surface area contributed by atoms with Crippen molar-refractivity contribution in [3.8, 4) is 0 Å². The van der Waals surface area contributed by atoms with Gasteiger partial charge in [0.25, 0.3) is 15.9 Å². The molecule has 11 heteroatoms. The SMILES string of the molecule is Cc1cc(Cl)ccc1C(=O)NCC1(c2ncccc2F)CN(S(=O)(=O)c2cn(C)cn2)C1. The van der Waals surface area contributed by atoms with Crippen LogP contribution in [0.5, 0.6) is 0 Å². The third-order valence-electron chi connectivity index (χ3n) is 5.52. The Morgan fingerprint density at radius 3 is 2.66 bits per heavy atom. The van der Waals surface area contributed by atoms with E-state index in [1.54, 1.807) is 32.2 Å². The molecule has 0 bridgehead atoms. The highest BCUT2D eigenvalue weighted by Gasteiger charge is 2.52. The predicted molar refractivity (Wildman–Crippen MR) is 116 cm³/mol. The van der Waals surface area contributed by atoms with Crippen LogP contribution in [0.4, 0.5) is 4.39 Å². The van der Waals surface area contributed by atoms with E-state index in [1.807, 2.05) is 0 Å². The number of imidazole rings is 1. The largest absolute Gasteiger partial charge is 0.351 e. The maximum atomic E-state index is 14.6. The first-order valence-corrected chi connectivity index (χ1v) is 11.6. The molecular formula is C21H21ClFN5O3S. The van der Waals surface area contributed by atoms with Crippen LogP contribution in [0.3, 0.4) is 0 Å². The smallest absolute Gasteiger partial charge is 0.262 e. The summed E-state index contributed by atoms with van der Waals surface area (Å²) in [7, 11) is -2.18. The van der Waals surface area contributed by atoms with E-state index in [0.717, 1.165) is 0 Å². The van der Waals surface area contributed by atoms with Crippen molar-refractivity contribution >= 4 is 27.5 Å². The number of benzene rings is 1. The molecule has 0 spiro atoms. The van der Waals surface area contributed by atoms with E-state index in [0.29, 0.717) is 16.1 Å². The number of carbonyl (C=O) groups excluding carboxylic acids is 1. The lowest BCUT2D eigenvalue weighted by Crippen LogP contribution is -2.65. The third-order valence-corrected chi connectivity index (χ3v) is 7.44. The van der Waals surface area contributed by atoms with Crippen LogP contribution in [0.25, 0.3) is 0 Å². The molecule has 3 heterocycles. The van der Waals surface area contributed by atoms with Gasteiger partial charge in [0.1, 0.15) is 5.82 Å². The first kappa shape index (κ1) is 22.4. The fraction of sp³-hybridized carbons (Fsp3) is 0.286. The van der Waals surface area contributed by atoms with Crippen molar-refractivity contribution in [1.29, 1.82) is 0 Å². The predicted octanol–water partition coefficient (Wildman–Crippen LogP) is 2.29. The minimum atomic E-state index is -3.85. The van der Waals surface area contributed by atoms with Gasteiger partial charge in [0, 0.05) is 49.7 Å². The number of aryl methyl sites for hydroxylation is 2. The molecule has 0 saturated carbocycles. The Morgan fingerprint density at radius 2 is 2.03 bits per heavy atom. The van der Waals surface area contributed by atoms with Gasteiger partial charge in [0.15, 0.2) is 5.03 Å². The number of rotatable bonds is 6. The number of sulfonamides is 1. The lowest BCUT2D eigenvalue weighted by Gasteiger charge is -2.48. The van der Waals surface area contributed by atoms with Crippen molar-refractivity contribution in [3.63, 3.8) is 0 Å². The van der Waals surface area contributed by atoms with Crippen LogP contribution in [-0.2, 0) is 22.5 Å². The van der Waals surface area contributed by atoms with Gasteiger partial charge in [-0.15, -0.1) is 0 Å². The molecule has 1 amide bonds. The van der Waals surface area contributed by atoms with Gasteiger partial charge in [-0.2, -0.15) is 4.31 Å². The molecule has 3 aromatic rings.